The van der Waals surface area contributed by atoms with Crippen LogP contribution in [0.2, 0.25) is 0 Å². The maximum atomic E-state index is 11.0. The SMILES string of the molecule is COC(=O)C(C)CCCC(C)=C=O. The van der Waals surface area contributed by atoms with Crippen molar-refractivity contribution >= 4 is 11.9 Å². The van der Waals surface area contributed by atoms with Crippen molar-refractivity contribution in [3.05, 3.63) is 5.57 Å². The molecule has 74 valence electrons. The molecule has 0 saturated heterocycles. The molecule has 3 nitrogen and oxygen atoms in total. The van der Waals surface area contributed by atoms with E-state index >= 15 is 0 Å². The molecule has 13 heavy (non-hydrogen) atoms. The summed E-state index contributed by atoms with van der Waals surface area (Å²) < 4.78 is 4.57. The Bertz CT molecular complexity index is 214. The van der Waals surface area contributed by atoms with E-state index in [4.69, 9.17) is 0 Å². The van der Waals surface area contributed by atoms with Gasteiger partial charge in [-0.2, -0.15) is 0 Å². The lowest BCUT2D eigenvalue weighted by molar-refractivity contribution is -0.145. The maximum absolute atomic E-state index is 11.0. The zero-order valence-corrected chi connectivity index (χ0v) is 8.42. The van der Waals surface area contributed by atoms with Crippen LogP contribution in [-0.4, -0.2) is 19.0 Å². The molecule has 1 atom stereocenters. The fourth-order valence-electron chi connectivity index (χ4n) is 1.04. The number of methoxy groups -OCH3 is 1. The summed E-state index contributed by atoms with van der Waals surface area (Å²) >= 11 is 0. The summed E-state index contributed by atoms with van der Waals surface area (Å²) in [6, 6.07) is 0. The van der Waals surface area contributed by atoms with Gasteiger partial charge >= 0.3 is 5.97 Å². The van der Waals surface area contributed by atoms with Crippen LogP contribution in [-0.2, 0) is 14.3 Å². The summed E-state index contributed by atoms with van der Waals surface area (Å²) in [5, 5.41) is 0. The highest BCUT2D eigenvalue weighted by atomic mass is 16.5. The van der Waals surface area contributed by atoms with Gasteiger partial charge < -0.3 is 4.74 Å². The van der Waals surface area contributed by atoms with E-state index in [2.05, 4.69) is 4.74 Å². The van der Waals surface area contributed by atoms with Gasteiger partial charge in [0.25, 0.3) is 0 Å². The average molecular weight is 184 g/mol. The number of ether oxygens (including phenoxy) is 1. The normalized spacial score (nSPS) is 11.6. The van der Waals surface area contributed by atoms with E-state index < -0.39 is 0 Å². The Balaban J connectivity index is 3.65. The molecule has 0 saturated carbocycles. The molecule has 0 aromatic carbocycles. The third-order valence-electron chi connectivity index (χ3n) is 1.97. The minimum absolute atomic E-state index is 0.0792. The molecule has 3 heteroatoms. The smallest absolute Gasteiger partial charge is 0.308 e. The molecule has 0 amide bonds. The van der Waals surface area contributed by atoms with Crippen LogP contribution >= 0.6 is 0 Å². The molecule has 0 aliphatic rings. The average Bonchev–Trinajstić information content (AvgIpc) is 2.15. The molecule has 0 N–H and O–H groups in total. The molecular weight excluding hydrogens is 168 g/mol. The fourth-order valence-corrected chi connectivity index (χ4v) is 1.04. The maximum Gasteiger partial charge on any atom is 0.308 e. The molecular formula is C10H16O3. The molecule has 0 aromatic rings. The van der Waals surface area contributed by atoms with Crippen molar-refractivity contribution in [3.63, 3.8) is 0 Å². The van der Waals surface area contributed by atoms with Gasteiger partial charge in [0.1, 0.15) is 5.94 Å². The standard InChI is InChI=1S/C10H16O3/c1-8(7-11)5-4-6-9(2)10(12)13-3/h9H,4-6H2,1-3H3. The highest BCUT2D eigenvalue weighted by Gasteiger charge is 2.11. The fraction of sp³-hybridized carbons (Fsp3) is 0.700. The van der Waals surface area contributed by atoms with Crippen LogP contribution in [0, 0.1) is 5.92 Å². The van der Waals surface area contributed by atoms with Gasteiger partial charge in [0.2, 0.25) is 0 Å². The molecule has 0 radical (unpaired) electrons. The number of esters is 1. The molecule has 0 aliphatic heterocycles. The predicted molar refractivity (Wildman–Crippen MR) is 49.9 cm³/mol. The first kappa shape index (κ1) is 11.9. The molecule has 0 fully saturated rings. The van der Waals surface area contributed by atoms with Crippen molar-refractivity contribution in [2.45, 2.75) is 33.1 Å². The molecule has 0 rings (SSSR count). The van der Waals surface area contributed by atoms with Gasteiger partial charge in [-0.3, -0.25) is 4.79 Å². The van der Waals surface area contributed by atoms with Crippen molar-refractivity contribution in [3.8, 4) is 0 Å². The number of hydrogen-bond donors (Lipinski definition) is 0. The van der Waals surface area contributed by atoms with Crippen molar-refractivity contribution < 1.29 is 14.3 Å². The minimum Gasteiger partial charge on any atom is -0.469 e. The third-order valence-corrected chi connectivity index (χ3v) is 1.97. The molecule has 0 heterocycles. The molecule has 0 aliphatic carbocycles. The van der Waals surface area contributed by atoms with E-state index in [-0.39, 0.29) is 11.9 Å². The van der Waals surface area contributed by atoms with Crippen LogP contribution in [0.4, 0.5) is 0 Å². The Morgan fingerprint density at radius 1 is 1.54 bits per heavy atom. The first-order valence-electron chi connectivity index (χ1n) is 4.40. The van der Waals surface area contributed by atoms with E-state index in [1.54, 1.807) is 6.92 Å². The monoisotopic (exact) mass is 184 g/mol. The Kier molecular flexibility index (Phi) is 5.90. The second kappa shape index (κ2) is 6.44. The van der Waals surface area contributed by atoms with Crippen molar-refractivity contribution in [2.75, 3.05) is 7.11 Å². The summed E-state index contributed by atoms with van der Waals surface area (Å²) in [5.74, 6) is 1.57. The number of carbonyl (C=O) groups is 1. The second-order valence-electron chi connectivity index (χ2n) is 3.20. The van der Waals surface area contributed by atoms with Gasteiger partial charge in [0, 0.05) is 5.57 Å². The van der Waals surface area contributed by atoms with Gasteiger partial charge in [0.05, 0.1) is 13.0 Å². The summed E-state index contributed by atoms with van der Waals surface area (Å²) in [5.41, 5.74) is 0.706. The summed E-state index contributed by atoms with van der Waals surface area (Å²) in [7, 11) is 1.38. The molecule has 0 spiro atoms. The minimum atomic E-state index is -0.187. The Morgan fingerprint density at radius 3 is 2.62 bits per heavy atom. The lowest BCUT2D eigenvalue weighted by Crippen LogP contribution is -2.12. The lowest BCUT2D eigenvalue weighted by Gasteiger charge is -2.07. The third kappa shape index (κ3) is 5.21. The van der Waals surface area contributed by atoms with E-state index in [0.29, 0.717) is 12.0 Å². The number of hydrogen-bond acceptors (Lipinski definition) is 3. The van der Waals surface area contributed by atoms with Crippen LogP contribution in [0.15, 0.2) is 5.57 Å². The van der Waals surface area contributed by atoms with E-state index in [9.17, 15) is 9.59 Å². The first-order chi connectivity index (χ1) is 6.11. The van der Waals surface area contributed by atoms with Gasteiger partial charge in [-0.1, -0.05) is 6.92 Å². The highest BCUT2D eigenvalue weighted by molar-refractivity contribution is 5.71. The largest absolute Gasteiger partial charge is 0.469 e. The zero-order chi connectivity index (χ0) is 10.3. The highest BCUT2D eigenvalue weighted by Crippen LogP contribution is 2.11. The number of allylic oxidation sites excluding steroid dienone is 1. The van der Waals surface area contributed by atoms with E-state index in [1.807, 2.05) is 12.9 Å². The first-order valence-corrected chi connectivity index (χ1v) is 4.40. The Hall–Kier alpha value is -1.08. The lowest BCUT2D eigenvalue weighted by atomic mass is 10.0. The van der Waals surface area contributed by atoms with Gasteiger partial charge in [-0.15, -0.1) is 0 Å². The summed E-state index contributed by atoms with van der Waals surface area (Å²) in [6.07, 6.45) is 2.30. The van der Waals surface area contributed by atoms with Crippen LogP contribution in [0.5, 0.6) is 0 Å². The molecule has 1 unspecified atom stereocenters. The van der Waals surface area contributed by atoms with Crippen LogP contribution in [0.1, 0.15) is 33.1 Å². The van der Waals surface area contributed by atoms with Crippen molar-refractivity contribution in [1.82, 2.24) is 0 Å². The van der Waals surface area contributed by atoms with Crippen LogP contribution < -0.4 is 0 Å². The Morgan fingerprint density at radius 2 is 2.15 bits per heavy atom. The molecule has 0 bridgehead atoms. The van der Waals surface area contributed by atoms with Crippen LogP contribution in [0.25, 0.3) is 0 Å². The number of rotatable bonds is 5. The van der Waals surface area contributed by atoms with Gasteiger partial charge in [-0.05, 0) is 26.2 Å². The van der Waals surface area contributed by atoms with Gasteiger partial charge in [0.15, 0.2) is 0 Å². The summed E-state index contributed by atoms with van der Waals surface area (Å²) in [6.45, 7) is 3.57. The van der Waals surface area contributed by atoms with Crippen LogP contribution in [0.3, 0.4) is 0 Å². The van der Waals surface area contributed by atoms with E-state index in [1.165, 1.54) is 7.11 Å². The van der Waals surface area contributed by atoms with Crippen molar-refractivity contribution in [2.24, 2.45) is 5.92 Å². The number of carbonyl (C=O) groups excluding carboxylic acids is 2. The van der Waals surface area contributed by atoms with Crippen molar-refractivity contribution in [1.29, 1.82) is 0 Å². The quantitative estimate of drug-likeness (QED) is 0.483. The zero-order valence-electron chi connectivity index (χ0n) is 8.42. The van der Waals surface area contributed by atoms with Gasteiger partial charge in [-0.25, -0.2) is 4.79 Å². The second-order valence-corrected chi connectivity index (χ2v) is 3.20. The van der Waals surface area contributed by atoms with E-state index in [0.717, 1.165) is 12.8 Å². The Labute approximate surface area is 78.8 Å². The predicted octanol–water partition coefficient (Wildman–Crippen LogP) is 1.74. The molecule has 0 aromatic heterocycles. The summed E-state index contributed by atoms with van der Waals surface area (Å²) in [4.78, 5) is 21.1. The topological polar surface area (TPSA) is 43.4 Å².